The Balaban J connectivity index is 1.51. The van der Waals surface area contributed by atoms with Gasteiger partial charge in [-0.2, -0.15) is 0 Å². The molecule has 2 amide bonds. The molecule has 3 saturated heterocycles. The van der Waals surface area contributed by atoms with Crippen molar-refractivity contribution in [2.24, 2.45) is 5.92 Å². The molecule has 3 fully saturated rings. The highest BCUT2D eigenvalue weighted by Crippen LogP contribution is 2.48. The minimum absolute atomic E-state index is 0.194. The Kier molecular flexibility index (Phi) is 4.37. The Morgan fingerprint density at radius 1 is 0.931 bits per heavy atom. The molecule has 29 heavy (non-hydrogen) atoms. The van der Waals surface area contributed by atoms with Crippen LogP contribution >= 0.6 is 0 Å². The molecular weight excluding hydrogens is 373 g/mol. The summed E-state index contributed by atoms with van der Waals surface area (Å²) in [5.74, 6) is -0.509. The molecule has 6 nitrogen and oxygen atoms in total. The van der Waals surface area contributed by atoms with Crippen LogP contribution in [0.25, 0.3) is 0 Å². The number of nitrogens with zero attached hydrogens (tertiary/aromatic N) is 3. The number of benzene rings is 2. The minimum Gasteiger partial charge on any atom is -0.494 e. The van der Waals surface area contributed by atoms with E-state index in [0.29, 0.717) is 18.0 Å². The predicted molar refractivity (Wildman–Crippen MR) is 105 cm³/mol. The van der Waals surface area contributed by atoms with E-state index in [-0.39, 0.29) is 23.7 Å². The number of hydrogen-bond acceptors (Lipinski definition) is 5. The van der Waals surface area contributed by atoms with Crippen LogP contribution in [0.1, 0.15) is 24.9 Å². The quantitative estimate of drug-likeness (QED) is 0.746. The number of hydrogen-bond donors (Lipinski definition) is 0. The van der Waals surface area contributed by atoms with Crippen molar-refractivity contribution in [3.05, 3.63) is 59.9 Å². The van der Waals surface area contributed by atoms with Gasteiger partial charge in [0.25, 0.3) is 5.91 Å². The summed E-state index contributed by atoms with van der Waals surface area (Å²) in [7, 11) is 0. The highest BCUT2D eigenvalue weighted by molar-refractivity contribution is 6.24. The first-order chi connectivity index (χ1) is 14.1. The van der Waals surface area contributed by atoms with E-state index < -0.39 is 12.0 Å². The Labute approximate surface area is 168 Å². The van der Waals surface area contributed by atoms with Gasteiger partial charge in [0.2, 0.25) is 5.91 Å². The van der Waals surface area contributed by atoms with Gasteiger partial charge in [0.05, 0.1) is 24.3 Å². The van der Waals surface area contributed by atoms with Crippen LogP contribution in [0.2, 0.25) is 0 Å². The summed E-state index contributed by atoms with van der Waals surface area (Å²) >= 11 is 0. The molecule has 3 aliphatic rings. The molecule has 0 aliphatic carbocycles. The zero-order chi connectivity index (χ0) is 20.1. The monoisotopic (exact) mass is 395 g/mol. The Morgan fingerprint density at radius 3 is 2.24 bits per heavy atom. The summed E-state index contributed by atoms with van der Waals surface area (Å²) < 4.78 is 18.9. The SMILES string of the molecule is CCOc1ccc(N2C(=O)[C@@H]3[C@H](C2=O)N2CCCN2[C@H]3c2ccc(F)cc2)cc1. The number of carbonyl (C=O) groups excluding carboxylic acids is 2. The second kappa shape index (κ2) is 6.93. The van der Waals surface area contributed by atoms with Gasteiger partial charge >= 0.3 is 0 Å². The number of hydrazine groups is 1. The van der Waals surface area contributed by atoms with Crippen LogP contribution in [0.4, 0.5) is 10.1 Å². The summed E-state index contributed by atoms with van der Waals surface area (Å²) in [4.78, 5) is 28.1. The molecule has 150 valence electrons. The minimum atomic E-state index is -0.508. The number of amides is 2. The first kappa shape index (κ1) is 18.3. The summed E-state index contributed by atoms with van der Waals surface area (Å²) in [5, 5.41) is 4.15. The molecule has 2 aromatic carbocycles. The molecule has 3 aliphatic heterocycles. The summed E-state index contributed by atoms with van der Waals surface area (Å²) in [5.41, 5.74) is 1.42. The first-order valence-corrected chi connectivity index (χ1v) is 9.99. The van der Waals surface area contributed by atoms with Crippen molar-refractivity contribution in [3.8, 4) is 5.75 Å². The van der Waals surface area contributed by atoms with Crippen molar-refractivity contribution in [1.82, 2.24) is 10.0 Å². The third kappa shape index (κ3) is 2.76. The predicted octanol–water partition coefficient (Wildman–Crippen LogP) is 2.76. The maximum atomic E-state index is 13.5. The first-order valence-electron chi connectivity index (χ1n) is 9.99. The highest BCUT2D eigenvalue weighted by Gasteiger charge is 2.62. The smallest absolute Gasteiger partial charge is 0.253 e. The molecule has 3 heterocycles. The van der Waals surface area contributed by atoms with Gasteiger partial charge in [-0.25, -0.2) is 19.3 Å². The van der Waals surface area contributed by atoms with E-state index >= 15 is 0 Å². The zero-order valence-corrected chi connectivity index (χ0v) is 16.1. The van der Waals surface area contributed by atoms with Crippen molar-refractivity contribution in [1.29, 1.82) is 0 Å². The fourth-order valence-electron chi connectivity index (χ4n) is 4.89. The molecule has 0 bridgehead atoms. The van der Waals surface area contributed by atoms with E-state index in [4.69, 9.17) is 4.74 Å². The van der Waals surface area contributed by atoms with Gasteiger partial charge in [0.15, 0.2) is 0 Å². The van der Waals surface area contributed by atoms with Gasteiger partial charge in [0.1, 0.15) is 17.6 Å². The molecule has 0 N–H and O–H groups in total. The lowest BCUT2D eigenvalue weighted by atomic mass is 9.90. The molecule has 0 spiro atoms. The van der Waals surface area contributed by atoms with Crippen LogP contribution in [-0.4, -0.2) is 47.6 Å². The van der Waals surface area contributed by atoms with E-state index in [2.05, 4.69) is 5.01 Å². The standard InChI is InChI=1S/C22H22FN3O3/c1-2-29-17-10-8-16(9-11-17)26-21(27)18-19(14-4-6-15(23)7-5-14)24-12-3-13-25(24)20(18)22(26)28/h4-11,18-20H,2-3,12-13H2,1H3/t18-,19-,20+/m0/s1. The molecule has 0 radical (unpaired) electrons. The van der Waals surface area contributed by atoms with Crippen LogP contribution < -0.4 is 9.64 Å². The second-order valence-corrected chi connectivity index (χ2v) is 7.59. The van der Waals surface area contributed by atoms with Crippen molar-refractivity contribution in [3.63, 3.8) is 0 Å². The fourth-order valence-corrected chi connectivity index (χ4v) is 4.89. The highest BCUT2D eigenvalue weighted by atomic mass is 19.1. The average Bonchev–Trinajstić information content (AvgIpc) is 3.36. The summed E-state index contributed by atoms with van der Waals surface area (Å²) in [6.07, 6.45) is 0.936. The second-order valence-electron chi connectivity index (χ2n) is 7.59. The Hall–Kier alpha value is -2.77. The molecule has 0 saturated carbocycles. The van der Waals surface area contributed by atoms with Crippen LogP contribution in [0.3, 0.4) is 0 Å². The van der Waals surface area contributed by atoms with Crippen molar-refractivity contribution >= 4 is 17.5 Å². The van der Waals surface area contributed by atoms with Crippen molar-refractivity contribution < 1.29 is 18.7 Å². The average molecular weight is 395 g/mol. The lowest BCUT2D eigenvalue weighted by molar-refractivity contribution is -0.126. The van der Waals surface area contributed by atoms with Gasteiger partial charge < -0.3 is 4.74 Å². The number of fused-ring (bicyclic) bond motifs is 3. The molecule has 0 aromatic heterocycles. The summed E-state index contributed by atoms with van der Waals surface area (Å²) in [6.45, 7) is 3.99. The molecule has 0 unspecified atom stereocenters. The van der Waals surface area contributed by atoms with Gasteiger partial charge in [-0.05, 0) is 55.3 Å². The summed E-state index contributed by atoms with van der Waals surface area (Å²) in [6, 6.07) is 12.5. The van der Waals surface area contributed by atoms with Gasteiger partial charge in [-0.15, -0.1) is 0 Å². The normalized spacial score (nSPS) is 26.8. The van der Waals surface area contributed by atoms with E-state index in [1.807, 2.05) is 11.9 Å². The Morgan fingerprint density at radius 2 is 1.59 bits per heavy atom. The third-order valence-electron chi connectivity index (χ3n) is 6.02. The number of anilines is 1. The maximum Gasteiger partial charge on any atom is 0.253 e. The van der Waals surface area contributed by atoms with E-state index in [1.54, 1.807) is 36.4 Å². The lowest BCUT2D eigenvalue weighted by Gasteiger charge is -2.29. The van der Waals surface area contributed by atoms with E-state index in [0.717, 1.165) is 25.1 Å². The number of halogens is 1. The van der Waals surface area contributed by atoms with Crippen LogP contribution in [0.5, 0.6) is 5.75 Å². The number of carbonyl (C=O) groups is 2. The molecular formula is C22H22FN3O3. The van der Waals surface area contributed by atoms with Crippen LogP contribution in [0.15, 0.2) is 48.5 Å². The molecule has 3 atom stereocenters. The van der Waals surface area contributed by atoms with Gasteiger partial charge in [-0.3, -0.25) is 9.59 Å². The number of ether oxygens (including phenoxy) is 1. The molecule has 7 heteroatoms. The number of imide groups is 1. The maximum absolute atomic E-state index is 13.5. The van der Waals surface area contributed by atoms with Gasteiger partial charge in [0, 0.05) is 13.1 Å². The van der Waals surface area contributed by atoms with Crippen molar-refractivity contribution in [2.75, 3.05) is 24.6 Å². The molecule has 2 aromatic rings. The fraction of sp³-hybridized carbons (Fsp3) is 0.364. The van der Waals surface area contributed by atoms with Gasteiger partial charge in [-0.1, -0.05) is 12.1 Å². The third-order valence-corrected chi connectivity index (χ3v) is 6.02. The molecule has 5 rings (SSSR count). The Bertz CT molecular complexity index is 947. The largest absolute Gasteiger partial charge is 0.494 e. The van der Waals surface area contributed by atoms with E-state index in [1.165, 1.54) is 17.0 Å². The van der Waals surface area contributed by atoms with Crippen LogP contribution in [0, 0.1) is 11.7 Å². The number of rotatable bonds is 4. The topological polar surface area (TPSA) is 53.1 Å². The van der Waals surface area contributed by atoms with E-state index in [9.17, 15) is 14.0 Å². The van der Waals surface area contributed by atoms with Crippen LogP contribution in [-0.2, 0) is 9.59 Å². The zero-order valence-electron chi connectivity index (χ0n) is 16.1. The van der Waals surface area contributed by atoms with Crippen molar-refractivity contribution in [2.45, 2.75) is 25.4 Å². The lowest BCUT2D eigenvalue weighted by Crippen LogP contribution is -2.44.